The van der Waals surface area contributed by atoms with E-state index >= 15 is 0 Å². The maximum absolute atomic E-state index is 11.5. The Morgan fingerprint density at radius 1 is 1.35 bits per heavy atom. The van der Waals surface area contributed by atoms with Gasteiger partial charge in [0.25, 0.3) is 0 Å². The number of aryl methyl sites for hydroxylation is 1. The first-order valence-corrected chi connectivity index (χ1v) is 9.45. The molecule has 1 saturated heterocycles. The van der Waals surface area contributed by atoms with Gasteiger partial charge in [0.2, 0.25) is 0 Å². The third-order valence-electron chi connectivity index (χ3n) is 3.94. The minimum absolute atomic E-state index is 0.0484. The lowest BCUT2D eigenvalue weighted by atomic mass is 10.2. The monoisotopic (exact) mass is 335 g/mol. The predicted octanol–water partition coefficient (Wildman–Crippen LogP) is 1.70. The molecule has 1 fully saturated rings. The van der Waals surface area contributed by atoms with E-state index in [1.807, 2.05) is 25.3 Å². The molecule has 0 saturated carbocycles. The molecule has 1 N–H and O–H groups in total. The van der Waals surface area contributed by atoms with E-state index < -0.39 is 9.84 Å². The number of rotatable bonds is 4. The van der Waals surface area contributed by atoms with Crippen molar-refractivity contribution in [1.82, 2.24) is 14.9 Å². The molecular weight excluding hydrogens is 314 g/mol. The first-order chi connectivity index (χ1) is 10.9. The minimum Gasteiger partial charge on any atom is -0.368 e. The SMILES string of the molecule is Cc1cnc([C@@H]2CN(Cc3ccc(S(C)(=O)=O)cc3)CCO2)[nH]1. The Labute approximate surface area is 136 Å². The van der Waals surface area contributed by atoms with E-state index in [4.69, 9.17) is 4.74 Å². The van der Waals surface area contributed by atoms with Crippen molar-refractivity contribution in [1.29, 1.82) is 0 Å². The van der Waals surface area contributed by atoms with Gasteiger partial charge < -0.3 is 9.72 Å². The summed E-state index contributed by atoms with van der Waals surface area (Å²) < 4.78 is 28.8. The molecule has 3 rings (SSSR count). The summed E-state index contributed by atoms with van der Waals surface area (Å²) in [7, 11) is -3.14. The Kier molecular flexibility index (Phi) is 4.52. The topological polar surface area (TPSA) is 75.3 Å². The number of hydrogen-bond donors (Lipinski definition) is 1. The van der Waals surface area contributed by atoms with E-state index in [1.54, 1.807) is 12.1 Å². The summed E-state index contributed by atoms with van der Waals surface area (Å²) in [6, 6.07) is 7.08. The number of nitrogens with zero attached hydrogens (tertiary/aromatic N) is 2. The molecule has 1 aromatic carbocycles. The normalized spacial score (nSPS) is 19.8. The van der Waals surface area contributed by atoms with Gasteiger partial charge in [-0.1, -0.05) is 12.1 Å². The summed E-state index contributed by atoms with van der Waals surface area (Å²) in [5.41, 5.74) is 2.12. The Balaban J connectivity index is 1.65. The fraction of sp³-hybridized carbons (Fsp3) is 0.438. The van der Waals surface area contributed by atoms with Gasteiger partial charge >= 0.3 is 0 Å². The van der Waals surface area contributed by atoms with Crippen molar-refractivity contribution in [3.63, 3.8) is 0 Å². The zero-order valence-electron chi connectivity index (χ0n) is 13.3. The van der Waals surface area contributed by atoms with Crippen molar-refractivity contribution >= 4 is 9.84 Å². The van der Waals surface area contributed by atoms with Crippen LogP contribution in [0.25, 0.3) is 0 Å². The summed E-state index contributed by atoms with van der Waals surface area (Å²) in [5.74, 6) is 0.861. The second-order valence-electron chi connectivity index (χ2n) is 5.96. The zero-order chi connectivity index (χ0) is 16.4. The van der Waals surface area contributed by atoms with Crippen LogP contribution in [0.2, 0.25) is 0 Å². The maximum Gasteiger partial charge on any atom is 0.175 e. The highest BCUT2D eigenvalue weighted by atomic mass is 32.2. The molecule has 0 bridgehead atoms. The Bertz CT molecular complexity index is 768. The van der Waals surface area contributed by atoms with Gasteiger partial charge in [-0.15, -0.1) is 0 Å². The van der Waals surface area contributed by atoms with Crippen LogP contribution in [0.1, 0.15) is 23.2 Å². The molecule has 7 heteroatoms. The number of ether oxygens (including phenoxy) is 1. The van der Waals surface area contributed by atoms with Crippen LogP contribution in [-0.4, -0.2) is 49.2 Å². The first kappa shape index (κ1) is 16.2. The van der Waals surface area contributed by atoms with Crippen molar-refractivity contribution in [2.45, 2.75) is 24.5 Å². The van der Waals surface area contributed by atoms with E-state index in [9.17, 15) is 8.42 Å². The van der Waals surface area contributed by atoms with Gasteiger partial charge in [0.05, 0.1) is 11.5 Å². The van der Waals surface area contributed by atoms with Crippen LogP contribution in [0.3, 0.4) is 0 Å². The van der Waals surface area contributed by atoms with Crippen LogP contribution in [0.15, 0.2) is 35.4 Å². The Hall–Kier alpha value is -1.70. The maximum atomic E-state index is 11.5. The summed E-state index contributed by atoms with van der Waals surface area (Å²) in [5, 5.41) is 0. The van der Waals surface area contributed by atoms with Crippen molar-refractivity contribution < 1.29 is 13.2 Å². The highest BCUT2D eigenvalue weighted by molar-refractivity contribution is 7.90. The van der Waals surface area contributed by atoms with Crippen LogP contribution in [0.4, 0.5) is 0 Å². The largest absolute Gasteiger partial charge is 0.368 e. The molecule has 0 spiro atoms. The number of hydrogen-bond acceptors (Lipinski definition) is 5. The van der Waals surface area contributed by atoms with Gasteiger partial charge in [-0.2, -0.15) is 0 Å². The van der Waals surface area contributed by atoms with E-state index in [1.165, 1.54) is 6.26 Å². The molecule has 1 aromatic heterocycles. The zero-order valence-corrected chi connectivity index (χ0v) is 14.1. The van der Waals surface area contributed by atoms with Crippen molar-refractivity contribution in [3.05, 3.63) is 47.5 Å². The third-order valence-corrected chi connectivity index (χ3v) is 5.06. The molecule has 0 aliphatic carbocycles. The van der Waals surface area contributed by atoms with Gasteiger partial charge in [-0.05, 0) is 24.6 Å². The summed E-state index contributed by atoms with van der Waals surface area (Å²) in [6.07, 6.45) is 2.98. The van der Waals surface area contributed by atoms with Crippen LogP contribution in [0.5, 0.6) is 0 Å². The van der Waals surface area contributed by atoms with Gasteiger partial charge in [0.1, 0.15) is 11.9 Å². The summed E-state index contributed by atoms with van der Waals surface area (Å²) in [4.78, 5) is 10.2. The molecule has 1 aliphatic rings. The molecule has 1 aliphatic heterocycles. The van der Waals surface area contributed by atoms with Crippen LogP contribution in [-0.2, 0) is 21.1 Å². The third kappa shape index (κ3) is 3.99. The predicted molar refractivity (Wildman–Crippen MR) is 86.8 cm³/mol. The molecule has 2 heterocycles. The van der Waals surface area contributed by atoms with Crippen molar-refractivity contribution in [3.8, 4) is 0 Å². The molecule has 2 aromatic rings. The Morgan fingerprint density at radius 2 is 2.09 bits per heavy atom. The van der Waals surface area contributed by atoms with E-state index in [0.717, 1.165) is 36.7 Å². The highest BCUT2D eigenvalue weighted by Gasteiger charge is 2.24. The molecule has 23 heavy (non-hydrogen) atoms. The lowest BCUT2D eigenvalue weighted by molar-refractivity contribution is -0.0368. The summed E-state index contributed by atoms with van der Waals surface area (Å²) in [6.45, 7) is 5.01. The second kappa shape index (κ2) is 6.43. The highest BCUT2D eigenvalue weighted by Crippen LogP contribution is 2.21. The van der Waals surface area contributed by atoms with Crippen molar-refractivity contribution in [2.75, 3.05) is 26.0 Å². The number of benzene rings is 1. The minimum atomic E-state index is -3.14. The van der Waals surface area contributed by atoms with Crippen LogP contribution in [0, 0.1) is 6.92 Å². The molecule has 1 atom stereocenters. The fourth-order valence-electron chi connectivity index (χ4n) is 2.71. The average molecular weight is 335 g/mol. The quantitative estimate of drug-likeness (QED) is 0.920. The Morgan fingerprint density at radius 3 is 2.70 bits per heavy atom. The second-order valence-corrected chi connectivity index (χ2v) is 7.98. The molecule has 0 amide bonds. The molecular formula is C16H21N3O3S. The molecule has 124 valence electrons. The smallest absolute Gasteiger partial charge is 0.175 e. The number of H-pyrrole nitrogens is 1. The van der Waals surface area contributed by atoms with Crippen molar-refractivity contribution in [2.24, 2.45) is 0 Å². The number of sulfone groups is 1. The average Bonchev–Trinajstić information content (AvgIpc) is 2.94. The number of aromatic nitrogens is 2. The standard InChI is InChI=1S/C16H21N3O3S/c1-12-9-17-16(18-12)15-11-19(7-8-22-15)10-13-3-5-14(6-4-13)23(2,20)21/h3-6,9,15H,7-8,10-11H2,1-2H3,(H,17,18)/t15-/m0/s1. The molecule has 0 radical (unpaired) electrons. The summed E-state index contributed by atoms with van der Waals surface area (Å²) >= 11 is 0. The van der Waals surface area contributed by atoms with Crippen LogP contribution < -0.4 is 0 Å². The molecule has 0 unspecified atom stereocenters. The van der Waals surface area contributed by atoms with Gasteiger partial charge in [-0.25, -0.2) is 13.4 Å². The van der Waals surface area contributed by atoms with Gasteiger partial charge in [0, 0.05) is 37.8 Å². The lowest BCUT2D eigenvalue weighted by Crippen LogP contribution is -2.38. The first-order valence-electron chi connectivity index (χ1n) is 7.56. The number of aromatic amines is 1. The number of imidazole rings is 1. The number of morpholine rings is 1. The fourth-order valence-corrected chi connectivity index (χ4v) is 3.34. The lowest BCUT2D eigenvalue weighted by Gasteiger charge is -2.32. The van der Waals surface area contributed by atoms with Gasteiger partial charge in [0.15, 0.2) is 9.84 Å². The van der Waals surface area contributed by atoms with Gasteiger partial charge in [-0.3, -0.25) is 4.90 Å². The number of nitrogens with one attached hydrogen (secondary N) is 1. The molecule has 6 nitrogen and oxygen atoms in total. The van der Waals surface area contributed by atoms with E-state index in [0.29, 0.717) is 11.5 Å². The van der Waals surface area contributed by atoms with E-state index in [2.05, 4.69) is 14.9 Å². The van der Waals surface area contributed by atoms with Crippen LogP contribution >= 0.6 is 0 Å². The van der Waals surface area contributed by atoms with E-state index in [-0.39, 0.29) is 6.10 Å².